The molecule has 37 heavy (non-hydrogen) atoms. The van der Waals surface area contributed by atoms with Gasteiger partial charge in [0, 0.05) is 35.2 Å². The van der Waals surface area contributed by atoms with Gasteiger partial charge < -0.3 is 26.0 Å². The van der Waals surface area contributed by atoms with Crippen LogP contribution in [0.15, 0.2) is 54.6 Å². The first-order valence-electron chi connectivity index (χ1n) is 12.5. The first-order chi connectivity index (χ1) is 17.8. The van der Waals surface area contributed by atoms with Crippen LogP contribution in [0, 0.1) is 11.3 Å². The maximum absolute atomic E-state index is 13.1. The van der Waals surface area contributed by atoms with Crippen molar-refractivity contribution in [2.45, 2.75) is 37.8 Å². The smallest absolute Gasteiger partial charge is 0.272 e. The van der Waals surface area contributed by atoms with Gasteiger partial charge in [0.05, 0.1) is 30.2 Å². The maximum atomic E-state index is 13.1. The second kappa shape index (κ2) is 11.3. The van der Waals surface area contributed by atoms with Gasteiger partial charge in [-0.25, -0.2) is 4.98 Å². The molecule has 1 aliphatic carbocycles. The van der Waals surface area contributed by atoms with Crippen LogP contribution in [0.1, 0.15) is 36.2 Å². The highest BCUT2D eigenvalue weighted by Gasteiger charge is 2.25. The van der Waals surface area contributed by atoms with E-state index >= 15 is 0 Å². The zero-order chi connectivity index (χ0) is 26.5. The number of hydrogen-bond acceptors (Lipinski definition) is 7. The third kappa shape index (κ3) is 5.84. The predicted molar refractivity (Wildman–Crippen MR) is 149 cm³/mol. The van der Waals surface area contributed by atoms with Crippen molar-refractivity contribution in [2.24, 2.45) is 0 Å². The van der Waals surface area contributed by atoms with E-state index in [1.165, 1.54) is 0 Å². The van der Waals surface area contributed by atoms with Crippen molar-refractivity contribution in [1.29, 1.82) is 5.26 Å². The van der Waals surface area contributed by atoms with E-state index in [1.54, 1.807) is 13.2 Å². The van der Waals surface area contributed by atoms with E-state index in [2.05, 4.69) is 47.3 Å². The predicted octanol–water partition coefficient (Wildman–Crippen LogP) is 4.59. The summed E-state index contributed by atoms with van der Waals surface area (Å²) in [4.78, 5) is 20.0. The lowest BCUT2D eigenvalue weighted by Gasteiger charge is -2.32. The van der Waals surface area contributed by atoms with Gasteiger partial charge in [-0.05, 0) is 69.4 Å². The van der Waals surface area contributed by atoms with Gasteiger partial charge in [-0.2, -0.15) is 5.26 Å². The third-order valence-electron chi connectivity index (χ3n) is 7.04. The first kappa shape index (κ1) is 26.0. The van der Waals surface area contributed by atoms with E-state index < -0.39 is 0 Å². The molecule has 1 heterocycles. The quantitative estimate of drug-likeness (QED) is 0.389. The Kier molecular flexibility index (Phi) is 7.95. The maximum Gasteiger partial charge on any atom is 0.272 e. The van der Waals surface area contributed by atoms with E-state index in [4.69, 9.17) is 15.7 Å². The topological polar surface area (TPSA) is 116 Å². The Morgan fingerprint density at radius 2 is 1.92 bits per heavy atom. The lowest BCUT2D eigenvalue weighted by Crippen LogP contribution is -2.42. The van der Waals surface area contributed by atoms with Gasteiger partial charge in [0.25, 0.3) is 5.91 Å². The number of hydrogen-bond donors (Lipinski definition) is 3. The van der Waals surface area contributed by atoms with Crippen LogP contribution in [0.5, 0.6) is 5.75 Å². The Morgan fingerprint density at radius 1 is 1.19 bits per heavy atom. The van der Waals surface area contributed by atoms with Crippen LogP contribution >= 0.6 is 0 Å². The van der Waals surface area contributed by atoms with Gasteiger partial charge in [0.15, 0.2) is 5.69 Å². The number of fused-ring (bicyclic) bond motifs is 1. The third-order valence-corrected chi connectivity index (χ3v) is 7.04. The summed E-state index contributed by atoms with van der Waals surface area (Å²) >= 11 is 0. The summed E-state index contributed by atoms with van der Waals surface area (Å²) in [6, 6.07) is 16.1. The highest BCUT2D eigenvalue weighted by molar-refractivity contribution is 6.00. The molecular formula is C29H34N6O2. The zero-order valence-corrected chi connectivity index (χ0v) is 21.7. The van der Waals surface area contributed by atoms with Crippen LogP contribution in [-0.4, -0.2) is 55.6 Å². The lowest BCUT2D eigenvalue weighted by atomic mass is 9.90. The molecule has 3 aromatic rings. The number of methoxy groups -OCH3 is 1. The van der Waals surface area contributed by atoms with E-state index in [0.29, 0.717) is 35.3 Å². The summed E-state index contributed by atoms with van der Waals surface area (Å²) < 4.78 is 5.56. The van der Waals surface area contributed by atoms with Crippen molar-refractivity contribution < 1.29 is 9.53 Å². The number of nitrogens with one attached hydrogen (secondary N) is 2. The number of nitriles is 1. The number of aromatic nitrogens is 1. The molecule has 4 rings (SSSR count). The van der Waals surface area contributed by atoms with Crippen molar-refractivity contribution in [3.63, 3.8) is 0 Å². The number of nitrogens with two attached hydrogens (primary N) is 1. The van der Waals surface area contributed by atoms with Gasteiger partial charge in [-0.15, -0.1) is 0 Å². The molecule has 0 bridgehead atoms. The van der Waals surface area contributed by atoms with Crippen LogP contribution in [0.4, 0.5) is 11.4 Å². The van der Waals surface area contributed by atoms with Crippen LogP contribution in [0.25, 0.3) is 22.0 Å². The molecule has 1 fully saturated rings. The number of nitrogen functional groups attached to an aromatic ring is 1. The fourth-order valence-corrected chi connectivity index (χ4v) is 4.85. The molecule has 0 spiro atoms. The summed E-state index contributed by atoms with van der Waals surface area (Å²) in [6.07, 6.45) is 3.99. The molecule has 192 valence electrons. The minimum Gasteiger partial charge on any atom is -0.495 e. The summed E-state index contributed by atoms with van der Waals surface area (Å²) in [7, 11) is 5.81. The average Bonchev–Trinajstić information content (AvgIpc) is 2.91. The summed E-state index contributed by atoms with van der Waals surface area (Å²) in [5.41, 5.74) is 9.43. The molecule has 8 nitrogen and oxygen atoms in total. The molecule has 0 unspecified atom stereocenters. The zero-order valence-electron chi connectivity index (χ0n) is 21.7. The molecule has 8 heteroatoms. The second-order valence-corrected chi connectivity index (χ2v) is 9.72. The molecule has 1 aromatic heterocycles. The number of ether oxygens (including phenoxy) is 1. The fraction of sp³-hybridized carbons (Fsp3) is 0.345. The standard InChI is InChI=1S/C29H34N6O2/c1-18(16-30)17-32-27-23-15-20(6-5-19(23)7-14-26(27)37-4)25-13-12-24(31)28(34-25)29(36)33-21-8-10-22(11-9-21)35(2)3/h5-7,12-15,21-22,32H,1,8-11,17,31H2,2-4H3,(H,33,36). The minimum absolute atomic E-state index is 0.124. The second-order valence-electron chi connectivity index (χ2n) is 9.72. The van der Waals surface area contributed by atoms with Gasteiger partial charge in [-0.1, -0.05) is 24.8 Å². The lowest BCUT2D eigenvalue weighted by molar-refractivity contribution is 0.0912. The number of nitrogens with zero attached hydrogens (tertiary/aromatic N) is 3. The van der Waals surface area contributed by atoms with E-state index in [-0.39, 0.29) is 17.6 Å². The molecule has 0 radical (unpaired) electrons. The number of carbonyl (C=O) groups is 1. The molecule has 1 aliphatic rings. The Balaban J connectivity index is 1.61. The molecule has 0 saturated heterocycles. The van der Waals surface area contributed by atoms with E-state index in [1.807, 2.05) is 36.4 Å². The van der Waals surface area contributed by atoms with Crippen LogP contribution in [0.2, 0.25) is 0 Å². The van der Waals surface area contributed by atoms with Gasteiger partial charge in [0.1, 0.15) is 5.75 Å². The highest BCUT2D eigenvalue weighted by Crippen LogP contribution is 2.36. The monoisotopic (exact) mass is 498 g/mol. The summed E-state index contributed by atoms with van der Waals surface area (Å²) in [5.74, 6) is 0.414. The van der Waals surface area contributed by atoms with Crippen LogP contribution in [0.3, 0.4) is 0 Å². The van der Waals surface area contributed by atoms with Crippen LogP contribution < -0.4 is 21.1 Å². The molecule has 1 amide bonds. The van der Waals surface area contributed by atoms with Crippen molar-refractivity contribution in [3.05, 3.63) is 60.3 Å². The van der Waals surface area contributed by atoms with Crippen molar-refractivity contribution >= 4 is 28.1 Å². The molecule has 1 saturated carbocycles. The normalized spacial score (nSPS) is 17.3. The fourth-order valence-electron chi connectivity index (χ4n) is 4.85. The number of rotatable bonds is 8. The van der Waals surface area contributed by atoms with Crippen molar-refractivity contribution in [1.82, 2.24) is 15.2 Å². The Morgan fingerprint density at radius 3 is 2.59 bits per heavy atom. The number of benzene rings is 2. The van der Waals surface area contributed by atoms with Crippen molar-refractivity contribution in [2.75, 3.05) is 38.8 Å². The molecule has 4 N–H and O–H groups in total. The number of anilines is 2. The summed E-state index contributed by atoms with van der Waals surface area (Å²) in [5, 5.41) is 17.4. The Hall–Kier alpha value is -4.09. The molecule has 0 atom stereocenters. The number of carbonyl (C=O) groups excluding carboxylic acids is 1. The van der Waals surface area contributed by atoms with E-state index in [0.717, 1.165) is 47.7 Å². The molecule has 2 aromatic carbocycles. The van der Waals surface area contributed by atoms with Gasteiger partial charge in [-0.3, -0.25) is 4.79 Å². The molecular weight excluding hydrogens is 464 g/mol. The Bertz CT molecular complexity index is 1350. The van der Waals surface area contributed by atoms with Crippen LogP contribution in [-0.2, 0) is 0 Å². The first-order valence-corrected chi connectivity index (χ1v) is 12.5. The summed E-state index contributed by atoms with van der Waals surface area (Å²) in [6.45, 7) is 4.05. The molecule has 0 aliphatic heterocycles. The highest BCUT2D eigenvalue weighted by atomic mass is 16.5. The van der Waals surface area contributed by atoms with E-state index in [9.17, 15) is 4.79 Å². The van der Waals surface area contributed by atoms with Crippen molar-refractivity contribution in [3.8, 4) is 23.1 Å². The largest absolute Gasteiger partial charge is 0.495 e. The van der Waals surface area contributed by atoms with Gasteiger partial charge in [0.2, 0.25) is 0 Å². The Labute approximate surface area is 218 Å². The number of amides is 1. The van der Waals surface area contributed by atoms with Gasteiger partial charge >= 0.3 is 0 Å². The minimum atomic E-state index is -0.243. The number of pyridine rings is 1. The average molecular weight is 499 g/mol. The SMILES string of the molecule is C=C(C#N)CNc1c(OC)ccc2ccc(-c3ccc(N)c(C(=O)NC4CCC(N(C)C)CC4)n3)cc12.